The van der Waals surface area contributed by atoms with Crippen LogP contribution in [0.2, 0.25) is 0 Å². The number of aryl methyl sites for hydroxylation is 1. The molecule has 5 rings (SSSR count). The summed E-state index contributed by atoms with van der Waals surface area (Å²) in [6.07, 6.45) is 0. The number of halogens is 1. The highest BCUT2D eigenvalue weighted by Crippen LogP contribution is 2.39. The van der Waals surface area contributed by atoms with E-state index in [2.05, 4.69) is 26.2 Å². The molecule has 4 aromatic rings. The Hall–Kier alpha value is -4.73. The van der Waals surface area contributed by atoms with Gasteiger partial charge in [0.05, 0.1) is 12.2 Å². The number of aromatic nitrogens is 4. The number of carbonyl (C=O) groups excluding carboxylic acids is 1. The number of tetrazole rings is 1. The van der Waals surface area contributed by atoms with Crippen LogP contribution in [0.15, 0.2) is 78.0 Å². The molecule has 38 heavy (non-hydrogen) atoms. The van der Waals surface area contributed by atoms with Gasteiger partial charge in [-0.2, -0.15) is 4.68 Å². The van der Waals surface area contributed by atoms with Crippen LogP contribution >= 0.6 is 0 Å². The molecule has 0 aliphatic carbocycles. The lowest BCUT2D eigenvalue weighted by molar-refractivity contribution is -0.113. The van der Waals surface area contributed by atoms with Gasteiger partial charge in [-0.25, -0.2) is 4.39 Å². The SMILES string of the molecule is CCOc1cc(C2C(C(=O)Nc3ccccc3C)=C(C)Nc3nnnn32)ccc1OCc1ccccc1F. The van der Waals surface area contributed by atoms with Crippen LogP contribution in [0, 0.1) is 12.7 Å². The van der Waals surface area contributed by atoms with Gasteiger partial charge in [0, 0.05) is 16.9 Å². The second kappa shape index (κ2) is 10.7. The molecule has 1 aromatic heterocycles. The third-order valence-corrected chi connectivity index (χ3v) is 6.28. The van der Waals surface area contributed by atoms with E-state index in [1.165, 1.54) is 6.07 Å². The lowest BCUT2D eigenvalue weighted by Crippen LogP contribution is -2.31. The average Bonchev–Trinajstić information content (AvgIpc) is 3.37. The van der Waals surface area contributed by atoms with Crippen LogP contribution in [0.3, 0.4) is 0 Å². The van der Waals surface area contributed by atoms with Gasteiger partial charge in [-0.1, -0.05) is 47.6 Å². The van der Waals surface area contributed by atoms with Crippen LogP contribution in [-0.4, -0.2) is 32.7 Å². The van der Waals surface area contributed by atoms with Crippen molar-refractivity contribution in [2.75, 3.05) is 17.2 Å². The zero-order valence-corrected chi connectivity index (χ0v) is 21.2. The summed E-state index contributed by atoms with van der Waals surface area (Å²) in [5.41, 5.74) is 3.89. The molecule has 1 unspecified atom stereocenters. The Bertz CT molecular complexity index is 1520. The maximum Gasteiger partial charge on any atom is 0.255 e. The Kier molecular flexibility index (Phi) is 7.03. The van der Waals surface area contributed by atoms with Crippen LogP contribution in [0.4, 0.5) is 16.0 Å². The fraction of sp³-hybridized carbons (Fsp3) is 0.214. The van der Waals surface area contributed by atoms with Gasteiger partial charge in [0.1, 0.15) is 18.5 Å². The van der Waals surface area contributed by atoms with Crippen LogP contribution in [0.25, 0.3) is 0 Å². The third kappa shape index (κ3) is 4.93. The molecule has 1 atom stereocenters. The standard InChI is InChI=1S/C28H27FN6O3/c1-4-37-24-15-19(13-14-23(24)38-16-20-10-6-7-11-21(20)29)26-25(18(3)30-28-32-33-34-35(26)28)27(36)31-22-12-8-5-9-17(22)2/h5-15,26H,4,16H2,1-3H3,(H,31,36)(H,30,32,34). The molecule has 1 aliphatic rings. The number of allylic oxidation sites excluding steroid dienone is 1. The molecule has 3 aromatic carbocycles. The Morgan fingerprint density at radius 2 is 1.84 bits per heavy atom. The van der Waals surface area contributed by atoms with Gasteiger partial charge < -0.3 is 20.1 Å². The first kappa shape index (κ1) is 24.9. The molecule has 194 valence electrons. The number of hydrogen-bond acceptors (Lipinski definition) is 7. The van der Waals surface area contributed by atoms with Crippen molar-refractivity contribution in [3.63, 3.8) is 0 Å². The lowest BCUT2D eigenvalue weighted by atomic mass is 9.94. The molecule has 2 heterocycles. The Balaban J connectivity index is 1.50. The molecular weight excluding hydrogens is 487 g/mol. The van der Waals surface area contributed by atoms with Gasteiger partial charge in [-0.15, -0.1) is 0 Å². The Morgan fingerprint density at radius 1 is 1.05 bits per heavy atom. The van der Waals surface area contributed by atoms with Crippen LogP contribution < -0.4 is 20.1 Å². The van der Waals surface area contributed by atoms with Crippen molar-refractivity contribution in [1.29, 1.82) is 0 Å². The molecule has 0 fully saturated rings. The number of anilines is 2. The second-order valence-corrected chi connectivity index (χ2v) is 8.80. The van der Waals surface area contributed by atoms with E-state index in [0.29, 0.717) is 46.6 Å². The van der Waals surface area contributed by atoms with Gasteiger partial charge in [0.25, 0.3) is 5.91 Å². The molecule has 1 aliphatic heterocycles. The minimum absolute atomic E-state index is 0.0413. The number of ether oxygens (including phenoxy) is 2. The topological polar surface area (TPSA) is 103 Å². The van der Waals surface area contributed by atoms with Crippen LogP contribution in [0.1, 0.15) is 36.6 Å². The highest BCUT2D eigenvalue weighted by molar-refractivity contribution is 6.06. The first-order chi connectivity index (χ1) is 18.5. The molecule has 0 saturated heterocycles. The smallest absolute Gasteiger partial charge is 0.255 e. The Labute approximate surface area is 219 Å². The number of benzene rings is 3. The Morgan fingerprint density at radius 3 is 2.63 bits per heavy atom. The maximum absolute atomic E-state index is 14.1. The average molecular weight is 515 g/mol. The zero-order chi connectivity index (χ0) is 26.6. The highest BCUT2D eigenvalue weighted by Gasteiger charge is 2.34. The molecule has 2 N–H and O–H groups in total. The highest BCUT2D eigenvalue weighted by atomic mass is 19.1. The minimum atomic E-state index is -0.634. The molecule has 0 saturated carbocycles. The van der Waals surface area contributed by atoms with Gasteiger partial charge in [-0.05, 0) is 66.6 Å². The summed E-state index contributed by atoms with van der Waals surface area (Å²) < 4.78 is 27.5. The molecule has 0 spiro atoms. The molecule has 1 amide bonds. The molecule has 10 heteroatoms. The van der Waals surface area contributed by atoms with E-state index in [-0.39, 0.29) is 18.3 Å². The summed E-state index contributed by atoms with van der Waals surface area (Å²) >= 11 is 0. The van der Waals surface area contributed by atoms with E-state index in [9.17, 15) is 9.18 Å². The van der Waals surface area contributed by atoms with E-state index in [4.69, 9.17) is 9.47 Å². The number of rotatable bonds is 8. The largest absolute Gasteiger partial charge is 0.490 e. The van der Waals surface area contributed by atoms with E-state index in [1.54, 1.807) is 35.0 Å². The number of nitrogens with zero attached hydrogens (tertiary/aromatic N) is 4. The van der Waals surface area contributed by atoms with Crippen LogP contribution in [-0.2, 0) is 11.4 Å². The van der Waals surface area contributed by atoms with Gasteiger partial charge in [0.2, 0.25) is 5.95 Å². The second-order valence-electron chi connectivity index (χ2n) is 8.80. The van der Waals surface area contributed by atoms with Crippen molar-refractivity contribution < 1.29 is 18.7 Å². The number of fused-ring (bicyclic) bond motifs is 1. The first-order valence-electron chi connectivity index (χ1n) is 12.2. The van der Waals surface area contributed by atoms with Crippen molar-refractivity contribution in [3.8, 4) is 11.5 Å². The number of para-hydroxylation sites is 1. The van der Waals surface area contributed by atoms with E-state index >= 15 is 0 Å². The quantitative estimate of drug-likeness (QED) is 0.340. The van der Waals surface area contributed by atoms with Gasteiger partial charge in [0.15, 0.2) is 11.5 Å². The van der Waals surface area contributed by atoms with Crippen molar-refractivity contribution in [3.05, 3.63) is 101 Å². The zero-order valence-electron chi connectivity index (χ0n) is 21.2. The van der Waals surface area contributed by atoms with Crippen molar-refractivity contribution in [2.45, 2.75) is 33.4 Å². The molecule has 9 nitrogen and oxygen atoms in total. The van der Waals surface area contributed by atoms with Crippen LogP contribution in [0.5, 0.6) is 11.5 Å². The lowest BCUT2D eigenvalue weighted by Gasteiger charge is -2.28. The monoisotopic (exact) mass is 514 g/mol. The number of hydrogen-bond donors (Lipinski definition) is 2. The normalized spacial score (nSPS) is 14.5. The van der Waals surface area contributed by atoms with Gasteiger partial charge >= 0.3 is 0 Å². The third-order valence-electron chi connectivity index (χ3n) is 6.28. The van der Waals surface area contributed by atoms with E-state index < -0.39 is 6.04 Å². The van der Waals surface area contributed by atoms with Crippen molar-refractivity contribution >= 4 is 17.5 Å². The summed E-state index contributed by atoms with van der Waals surface area (Å²) in [5.74, 6) is 0.709. The minimum Gasteiger partial charge on any atom is -0.490 e. The predicted molar refractivity (Wildman–Crippen MR) is 140 cm³/mol. The number of nitrogens with one attached hydrogen (secondary N) is 2. The van der Waals surface area contributed by atoms with E-state index in [0.717, 1.165) is 11.1 Å². The fourth-order valence-corrected chi connectivity index (χ4v) is 4.37. The fourth-order valence-electron chi connectivity index (χ4n) is 4.37. The summed E-state index contributed by atoms with van der Waals surface area (Å²) in [6, 6.07) is 18.8. The van der Waals surface area contributed by atoms with Crippen molar-refractivity contribution in [1.82, 2.24) is 20.2 Å². The first-order valence-corrected chi connectivity index (χ1v) is 12.2. The predicted octanol–water partition coefficient (Wildman–Crippen LogP) is 5.03. The number of amides is 1. The van der Waals surface area contributed by atoms with Crippen molar-refractivity contribution in [2.24, 2.45) is 0 Å². The molecular formula is C28H27FN6O3. The summed E-state index contributed by atoms with van der Waals surface area (Å²) in [7, 11) is 0. The molecule has 0 bridgehead atoms. The van der Waals surface area contributed by atoms with Gasteiger partial charge in [-0.3, -0.25) is 4.79 Å². The number of carbonyl (C=O) groups is 1. The van der Waals surface area contributed by atoms with E-state index in [1.807, 2.05) is 51.1 Å². The summed E-state index contributed by atoms with van der Waals surface area (Å²) in [6.45, 7) is 6.04. The molecule has 0 radical (unpaired) electrons. The summed E-state index contributed by atoms with van der Waals surface area (Å²) in [5, 5.41) is 18.2. The summed E-state index contributed by atoms with van der Waals surface area (Å²) in [4.78, 5) is 13.6. The maximum atomic E-state index is 14.1.